The van der Waals surface area contributed by atoms with Crippen LogP contribution in [0.4, 0.5) is 5.69 Å². The fourth-order valence-electron chi connectivity index (χ4n) is 1.68. The molecule has 0 unspecified atom stereocenters. The predicted molar refractivity (Wildman–Crippen MR) is 72.0 cm³/mol. The molecule has 0 heterocycles. The summed E-state index contributed by atoms with van der Waals surface area (Å²) in [7, 11) is 1.72. The summed E-state index contributed by atoms with van der Waals surface area (Å²) in [6.07, 6.45) is 0. The lowest BCUT2D eigenvalue weighted by molar-refractivity contribution is 0.0993. The zero-order chi connectivity index (χ0) is 13.1. The molecule has 0 atom stereocenters. The van der Waals surface area contributed by atoms with Gasteiger partial charge in [-0.05, 0) is 43.3 Å². The van der Waals surface area contributed by atoms with E-state index in [1.54, 1.807) is 36.2 Å². The maximum Gasteiger partial charge on any atom is 0.258 e. The number of aromatic hydroxyl groups is 1. The average molecular weight is 241 g/mol. The molecular formula is C15H15NO2. The maximum atomic E-state index is 12.2. The molecule has 0 aromatic heterocycles. The Labute approximate surface area is 106 Å². The monoisotopic (exact) mass is 241 g/mol. The molecule has 3 heteroatoms. The molecule has 0 saturated carbocycles. The minimum absolute atomic E-state index is 0.0688. The highest BCUT2D eigenvalue weighted by Crippen LogP contribution is 2.19. The second-order valence-electron chi connectivity index (χ2n) is 4.25. The number of phenols is 1. The molecular weight excluding hydrogens is 226 g/mol. The third kappa shape index (κ3) is 2.51. The number of aryl methyl sites for hydroxylation is 1. The molecule has 0 aliphatic carbocycles. The molecule has 2 rings (SSSR count). The number of benzene rings is 2. The van der Waals surface area contributed by atoms with Gasteiger partial charge >= 0.3 is 0 Å². The van der Waals surface area contributed by atoms with Crippen LogP contribution in [0, 0.1) is 6.92 Å². The van der Waals surface area contributed by atoms with Gasteiger partial charge in [0.05, 0.1) is 0 Å². The first-order valence-electron chi connectivity index (χ1n) is 5.71. The number of anilines is 1. The van der Waals surface area contributed by atoms with Crippen LogP contribution in [-0.4, -0.2) is 18.1 Å². The van der Waals surface area contributed by atoms with Crippen LogP contribution in [0.3, 0.4) is 0 Å². The van der Waals surface area contributed by atoms with Gasteiger partial charge in [0.1, 0.15) is 5.75 Å². The molecule has 0 spiro atoms. The van der Waals surface area contributed by atoms with E-state index in [0.29, 0.717) is 5.56 Å². The molecule has 0 fully saturated rings. The van der Waals surface area contributed by atoms with Crippen LogP contribution in [0.5, 0.6) is 5.75 Å². The van der Waals surface area contributed by atoms with E-state index in [1.807, 2.05) is 31.2 Å². The highest BCUT2D eigenvalue weighted by Gasteiger charge is 2.12. The molecule has 0 saturated heterocycles. The Morgan fingerprint density at radius 2 is 1.56 bits per heavy atom. The van der Waals surface area contributed by atoms with Gasteiger partial charge in [0.25, 0.3) is 5.91 Å². The summed E-state index contributed by atoms with van der Waals surface area (Å²) < 4.78 is 0. The molecule has 0 aliphatic heterocycles. The van der Waals surface area contributed by atoms with Crippen LogP contribution in [0.1, 0.15) is 15.9 Å². The van der Waals surface area contributed by atoms with Gasteiger partial charge in [0.15, 0.2) is 0 Å². The van der Waals surface area contributed by atoms with Gasteiger partial charge in [-0.3, -0.25) is 4.79 Å². The molecule has 0 aliphatic rings. The summed E-state index contributed by atoms with van der Waals surface area (Å²) in [6, 6.07) is 14.0. The van der Waals surface area contributed by atoms with Crippen LogP contribution in [0.25, 0.3) is 0 Å². The minimum Gasteiger partial charge on any atom is -0.508 e. The number of rotatable bonds is 2. The van der Waals surface area contributed by atoms with E-state index < -0.39 is 0 Å². The lowest BCUT2D eigenvalue weighted by Gasteiger charge is -2.17. The predicted octanol–water partition coefficient (Wildman–Crippen LogP) is 2.98. The van der Waals surface area contributed by atoms with Gasteiger partial charge in [-0.1, -0.05) is 17.7 Å². The quantitative estimate of drug-likeness (QED) is 0.878. The van der Waals surface area contributed by atoms with Gasteiger partial charge in [-0.25, -0.2) is 0 Å². The smallest absolute Gasteiger partial charge is 0.258 e. The summed E-state index contributed by atoms with van der Waals surface area (Å²) in [5.41, 5.74) is 2.52. The van der Waals surface area contributed by atoms with Gasteiger partial charge in [0, 0.05) is 18.3 Å². The van der Waals surface area contributed by atoms with E-state index in [1.165, 1.54) is 0 Å². The van der Waals surface area contributed by atoms with Crippen LogP contribution in [0.15, 0.2) is 48.5 Å². The Balaban J connectivity index is 2.23. The van der Waals surface area contributed by atoms with Crippen molar-refractivity contribution in [3.63, 3.8) is 0 Å². The number of nitrogens with zero attached hydrogens (tertiary/aromatic N) is 1. The number of hydrogen-bond acceptors (Lipinski definition) is 2. The Morgan fingerprint density at radius 1 is 1.00 bits per heavy atom. The van der Waals surface area contributed by atoms with E-state index in [-0.39, 0.29) is 11.7 Å². The summed E-state index contributed by atoms with van der Waals surface area (Å²) in [4.78, 5) is 13.8. The average Bonchev–Trinajstić information content (AvgIpc) is 2.39. The molecule has 1 amide bonds. The van der Waals surface area contributed by atoms with Crippen molar-refractivity contribution in [2.24, 2.45) is 0 Å². The second-order valence-corrected chi connectivity index (χ2v) is 4.25. The van der Waals surface area contributed by atoms with Crippen molar-refractivity contribution in [1.82, 2.24) is 0 Å². The zero-order valence-electron chi connectivity index (χ0n) is 10.4. The maximum absolute atomic E-state index is 12.2. The molecule has 1 N–H and O–H groups in total. The molecule has 92 valence electrons. The summed E-state index contributed by atoms with van der Waals surface area (Å²) in [5, 5.41) is 9.22. The zero-order valence-corrected chi connectivity index (χ0v) is 10.4. The number of phenolic OH excluding ortho intramolecular Hbond substituents is 1. The van der Waals surface area contributed by atoms with E-state index in [0.717, 1.165) is 11.3 Å². The third-order valence-electron chi connectivity index (χ3n) is 2.84. The summed E-state index contributed by atoms with van der Waals surface area (Å²) in [6.45, 7) is 1.98. The lowest BCUT2D eigenvalue weighted by Crippen LogP contribution is -2.26. The Bertz CT molecular complexity index is 544. The highest BCUT2D eigenvalue weighted by molar-refractivity contribution is 6.05. The highest BCUT2D eigenvalue weighted by atomic mass is 16.3. The number of carbonyl (C=O) groups excluding carboxylic acids is 1. The number of hydrogen-bond donors (Lipinski definition) is 1. The van der Waals surface area contributed by atoms with E-state index in [9.17, 15) is 9.90 Å². The van der Waals surface area contributed by atoms with E-state index >= 15 is 0 Å². The van der Waals surface area contributed by atoms with Crippen LogP contribution in [-0.2, 0) is 0 Å². The topological polar surface area (TPSA) is 40.5 Å². The molecule has 18 heavy (non-hydrogen) atoms. The summed E-state index contributed by atoms with van der Waals surface area (Å²) in [5.74, 6) is 0.121. The molecule has 2 aromatic rings. The van der Waals surface area contributed by atoms with Crippen LogP contribution in [0.2, 0.25) is 0 Å². The number of amides is 1. The Hall–Kier alpha value is -2.29. The van der Waals surface area contributed by atoms with Crippen molar-refractivity contribution in [2.45, 2.75) is 6.92 Å². The van der Waals surface area contributed by atoms with Gasteiger partial charge in [-0.15, -0.1) is 0 Å². The van der Waals surface area contributed by atoms with Crippen molar-refractivity contribution in [3.8, 4) is 5.75 Å². The standard InChI is InChI=1S/C15H15NO2/c1-11-3-5-12(6-4-11)15(18)16(2)13-7-9-14(17)10-8-13/h3-10,17H,1-2H3. The van der Waals surface area contributed by atoms with Crippen LogP contribution >= 0.6 is 0 Å². The normalized spacial score (nSPS) is 10.1. The lowest BCUT2D eigenvalue weighted by atomic mass is 10.1. The second kappa shape index (κ2) is 4.92. The van der Waals surface area contributed by atoms with Gasteiger partial charge < -0.3 is 10.0 Å². The molecule has 2 aromatic carbocycles. The van der Waals surface area contributed by atoms with Crippen molar-refractivity contribution < 1.29 is 9.90 Å². The SMILES string of the molecule is Cc1ccc(C(=O)N(C)c2ccc(O)cc2)cc1. The van der Waals surface area contributed by atoms with Crippen LogP contribution < -0.4 is 4.90 Å². The fraction of sp³-hybridized carbons (Fsp3) is 0.133. The molecule has 3 nitrogen and oxygen atoms in total. The fourth-order valence-corrected chi connectivity index (χ4v) is 1.68. The van der Waals surface area contributed by atoms with Crippen molar-refractivity contribution in [1.29, 1.82) is 0 Å². The summed E-state index contributed by atoms with van der Waals surface area (Å²) >= 11 is 0. The molecule has 0 bridgehead atoms. The van der Waals surface area contributed by atoms with E-state index in [4.69, 9.17) is 0 Å². The van der Waals surface area contributed by atoms with Gasteiger partial charge in [-0.2, -0.15) is 0 Å². The molecule has 0 radical (unpaired) electrons. The first-order valence-corrected chi connectivity index (χ1v) is 5.71. The van der Waals surface area contributed by atoms with Gasteiger partial charge in [0.2, 0.25) is 0 Å². The van der Waals surface area contributed by atoms with Crippen molar-refractivity contribution in [3.05, 3.63) is 59.7 Å². The Morgan fingerprint density at radius 3 is 2.11 bits per heavy atom. The first kappa shape index (κ1) is 12.2. The Kier molecular flexibility index (Phi) is 3.33. The van der Waals surface area contributed by atoms with E-state index in [2.05, 4.69) is 0 Å². The number of carbonyl (C=O) groups is 1. The largest absolute Gasteiger partial charge is 0.508 e. The third-order valence-corrected chi connectivity index (χ3v) is 2.84. The van der Waals surface area contributed by atoms with Crippen molar-refractivity contribution in [2.75, 3.05) is 11.9 Å². The first-order chi connectivity index (χ1) is 8.58. The van der Waals surface area contributed by atoms with Crippen molar-refractivity contribution >= 4 is 11.6 Å². The minimum atomic E-state index is -0.0688.